The molecule has 0 saturated heterocycles. The van der Waals surface area contributed by atoms with Gasteiger partial charge in [-0.25, -0.2) is 9.97 Å². The molecule has 0 atom stereocenters. The van der Waals surface area contributed by atoms with Crippen LogP contribution < -0.4 is 0 Å². The van der Waals surface area contributed by atoms with Gasteiger partial charge in [-0.3, -0.25) is 0 Å². The zero-order chi connectivity index (χ0) is 7.23. The van der Waals surface area contributed by atoms with Gasteiger partial charge in [0.2, 0.25) is 0 Å². The monoisotopic (exact) mass is 172 g/mol. The fourth-order valence-electron chi connectivity index (χ4n) is 0.514. The highest BCUT2D eigenvalue weighted by atomic mass is 32.2. The summed E-state index contributed by atoms with van der Waals surface area (Å²) in [6.45, 7) is 0. The van der Waals surface area contributed by atoms with Crippen molar-refractivity contribution in [2.45, 2.75) is 5.03 Å². The van der Waals surface area contributed by atoms with E-state index in [9.17, 15) is 0 Å². The van der Waals surface area contributed by atoms with Crippen LogP contribution in [0.15, 0.2) is 23.6 Å². The van der Waals surface area contributed by atoms with Crippen LogP contribution in [0, 0.1) is 0 Å². The lowest BCUT2D eigenvalue weighted by atomic mass is 10.7. The smallest absolute Gasteiger partial charge is 0.116 e. The normalized spacial score (nSPS) is 9.70. The molecule has 0 unspecified atom stereocenters. The first-order valence-electron chi connectivity index (χ1n) is 2.93. The maximum Gasteiger partial charge on any atom is 0.116 e. The van der Waals surface area contributed by atoms with Crippen molar-refractivity contribution in [3.05, 3.63) is 18.6 Å². The van der Waals surface area contributed by atoms with E-state index in [2.05, 4.69) is 22.6 Å². The number of nitrogens with zero attached hydrogens (tertiary/aromatic N) is 2. The highest BCUT2D eigenvalue weighted by Gasteiger charge is 1.90. The van der Waals surface area contributed by atoms with Crippen molar-refractivity contribution in [2.24, 2.45) is 0 Å². The van der Waals surface area contributed by atoms with E-state index < -0.39 is 0 Å². The topological polar surface area (TPSA) is 25.8 Å². The largest absolute Gasteiger partial charge is 0.245 e. The minimum atomic E-state index is 0.884. The van der Waals surface area contributed by atoms with Crippen molar-refractivity contribution in [2.75, 3.05) is 11.5 Å². The molecule has 0 fully saturated rings. The van der Waals surface area contributed by atoms with Gasteiger partial charge in [0, 0.05) is 11.9 Å². The molecule has 0 aliphatic heterocycles. The second-order valence-electron chi connectivity index (χ2n) is 1.62. The van der Waals surface area contributed by atoms with E-state index in [0.29, 0.717) is 0 Å². The van der Waals surface area contributed by atoms with Crippen LogP contribution in [0.3, 0.4) is 0 Å². The maximum atomic E-state index is 4.09. The molecule has 0 aliphatic carbocycles. The third-order valence-electron chi connectivity index (χ3n) is 0.896. The highest BCUT2D eigenvalue weighted by Crippen LogP contribution is 2.12. The minimum Gasteiger partial charge on any atom is -0.245 e. The molecule has 1 heterocycles. The summed E-state index contributed by atoms with van der Waals surface area (Å²) in [5.41, 5.74) is 0. The molecule has 1 aromatic rings. The first-order chi connectivity index (χ1) is 4.93. The first kappa shape index (κ1) is 7.88. The SMILES string of the molecule is SCCSc1ccncn1. The Hall–Kier alpha value is -0.220. The second-order valence-corrected chi connectivity index (χ2v) is 3.18. The van der Waals surface area contributed by atoms with Crippen LogP contribution in [0.4, 0.5) is 0 Å². The van der Waals surface area contributed by atoms with E-state index in [4.69, 9.17) is 0 Å². The molecule has 1 aromatic heterocycles. The molecule has 0 amide bonds. The van der Waals surface area contributed by atoms with Crippen LogP contribution in [-0.2, 0) is 0 Å². The van der Waals surface area contributed by atoms with Gasteiger partial charge in [-0.1, -0.05) is 0 Å². The lowest BCUT2D eigenvalue weighted by Crippen LogP contribution is -1.83. The van der Waals surface area contributed by atoms with Gasteiger partial charge in [-0.15, -0.1) is 11.8 Å². The van der Waals surface area contributed by atoms with E-state index in [-0.39, 0.29) is 0 Å². The van der Waals surface area contributed by atoms with E-state index >= 15 is 0 Å². The quantitative estimate of drug-likeness (QED) is 0.425. The summed E-state index contributed by atoms with van der Waals surface area (Å²) in [7, 11) is 0. The molecule has 0 aliphatic rings. The zero-order valence-corrected chi connectivity index (χ0v) is 7.11. The summed E-state index contributed by atoms with van der Waals surface area (Å²) in [4.78, 5) is 7.84. The average Bonchev–Trinajstić information content (AvgIpc) is 2.03. The number of hydrogen-bond acceptors (Lipinski definition) is 4. The molecule has 0 aromatic carbocycles. The maximum absolute atomic E-state index is 4.09. The lowest BCUT2D eigenvalue weighted by molar-refractivity contribution is 1.05. The third-order valence-corrected chi connectivity index (χ3v) is 2.37. The minimum absolute atomic E-state index is 0.884. The van der Waals surface area contributed by atoms with Gasteiger partial charge in [0.15, 0.2) is 0 Å². The van der Waals surface area contributed by atoms with Gasteiger partial charge in [0.1, 0.15) is 6.33 Å². The summed E-state index contributed by atoms with van der Waals surface area (Å²) in [5.74, 6) is 1.88. The number of thiol groups is 1. The lowest BCUT2D eigenvalue weighted by Gasteiger charge is -1.94. The molecule has 54 valence electrons. The summed E-state index contributed by atoms with van der Waals surface area (Å²) < 4.78 is 0. The Bertz CT molecular complexity index is 178. The molecule has 4 heteroatoms. The van der Waals surface area contributed by atoms with Gasteiger partial charge < -0.3 is 0 Å². The molecule has 0 saturated carbocycles. The molecule has 0 N–H and O–H groups in total. The van der Waals surface area contributed by atoms with Crippen LogP contribution in [-0.4, -0.2) is 21.5 Å². The Balaban J connectivity index is 2.43. The molecule has 0 spiro atoms. The Morgan fingerprint density at radius 1 is 1.60 bits per heavy atom. The molecule has 2 nitrogen and oxygen atoms in total. The number of rotatable bonds is 3. The van der Waals surface area contributed by atoms with Gasteiger partial charge in [0.05, 0.1) is 5.03 Å². The number of thioether (sulfide) groups is 1. The predicted molar refractivity (Wildman–Crippen MR) is 46.6 cm³/mol. The first-order valence-corrected chi connectivity index (χ1v) is 4.55. The fraction of sp³-hybridized carbons (Fsp3) is 0.333. The standard InChI is InChI=1S/C6H8N2S2/c9-3-4-10-6-1-2-7-5-8-6/h1-2,5,9H,3-4H2. The van der Waals surface area contributed by atoms with Crippen molar-refractivity contribution in [3.63, 3.8) is 0 Å². The molecule has 10 heavy (non-hydrogen) atoms. The summed E-state index contributed by atoms with van der Waals surface area (Å²) in [6, 6.07) is 1.90. The van der Waals surface area contributed by atoms with Gasteiger partial charge in [0.25, 0.3) is 0 Å². The van der Waals surface area contributed by atoms with Gasteiger partial charge >= 0.3 is 0 Å². The molecular formula is C6H8N2S2. The highest BCUT2D eigenvalue weighted by molar-refractivity contribution is 7.99. The molecule has 0 bridgehead atoms. The van der Waals surface area contributed by atoms with Crippen molar-refractivity contribution in [1.82, 2.24) is 9.97 Å². The summed E-state index contributed by atoms with van der Waals surface area (Å²) in [5, 5.41) is 1.02. The number of hydrogen-bond donors (Lipinski definition) is 1. The molecule has 1 rings (SSSR count). The molecule has 0 radical (unpaired) electrons. The zero-order valence-electron chi connectivity index (χ0n) is 5.40. The average molecular weight is 172 g/mol. The van der Waals surface area contributed by atoms with Crippen LogP contribution in [0.25, 0.3) is 0 Å². The Morgan fingerprint density at radius 2 is 2.50 bits per heavy atom. The summed E-state index contributed by atoms with van der Waals surface area (Å²) in [6.07, 6.45) is 3.30. The summed E-state index contributed by atoms with van der Waals surface area (Å²) >= 11 is 5.78. The van der Waals surface area contributed by atoms with E-state index in [1.54, 1.807) is 24.3 Å². The van der Waals surface area contributed by atoms with E-state index in [1.807, 2.05) is 6.07 Å². The van der Waals surface area contributed by atoms with Crippen molar-refractivity contribution >= 4 is 24.4 Å². The fourth-order valence-corrected chi connectivity index (χ4v) is 1.37. The van der Waals surface area contributed by atoms with Gasteiger partial charge in [-0.05, 0) is 11.8 Å². The third kappa shape index (κ3) is 2.58. The Labute approximate surface area is 69.9 Å². The van der Waals surface area contributed by atoms with Crippen molar-refractivity contribution in [1.29, 1.82) is 0 Å². The van der Waals surface area contributed by atoms with Crippen LogP contribution in [0.1, 0.15) is 0 Å². The Kier molecular flexibility index (Phi) is 3.60. The van der Waals surface area contributed by atoms with Crippen molar-refractivity contribution < 1.29 is 0 Å². The van der Waals surface area contributed by atoms with E-state index in [1.165, 1.54) is 0 Å². The molecular weight excluding hydrogens is 164 g/mol. The van der Waals surface area contributed by atoms with Gasteiger partial charge in [-0.2, -0.15) is 12.6 Å². The second kappa shape index (κ2) is 4.57. The van der Waals surface area contributed by atoms with Crippen LogP contribution in [0.5, 0.6) is 0 Å². The van der Waals surface area contributed by atoms with Crippen molar-refractivity contribution in [3.8, 4) is 0 Å². The Morgan fingerprint density at radius 3 is 3.10 bits per heavy atom. The van der Waals surface area contributed by atoms with E-state index in [0.717, 1.165) is 16.5 Å². The number of aromatic nitrogens is 2. The predicted octanol–water partition coefficient (Wildman–Crippen LogP) is 1.50. The van der Waals surface area contributed by atoms with Crippen LogP contribution >= 0.6 is 24.4 Å². The van der Waals surface area contributed by atoms with Crippen LogP contribution in [0.2, 0.25) is 0 Å².